The average Bonchev–Trinajstić information content (AvgIpc) is 2.80. The van der Waals surface area contributed by atoms with Crippen LogP contribution in [0.2, 0.25) is 0 Å². The molecule has 0 amide bonds. The summed E-state index contributed by atoms with van der Waals surface area (Å²) in [7, 11) is 4.32. The Hall–Kier alpha value is -1.13. The van der Waals surface area contributed by atoms with Crippen LogP contribution in [0.1, 0.15) is 25.1 Å². The largest absolute Gasteiger partial charge is 0.355 e. The van der Waals surface area contributed by atoms with Gasteiger partial charge in [0.25, 0.3) is 0 Å². The molecule has 1 aromatic heterocycles. The van der Waals surface area contributed by atoms with E-state index in [-0.39, 0.29) is 0 Å². The molecule has 1 aromatic rings. The summed E-state index contributed by atoms with van der Waals surface area (Å²) >= 11 is 0. The zero-order valence-corrected chi connectivity index (χ0v) is 12.6. The van der Waals surface area contributed by atoms with E-state index in [0.717, 1.165) is 31.0 Å². The van der Waals surface area contributed by atoms with Crippen molar-refractivity contribution in [2.24, 2.45) is 11.7 Å². The molecule has 106 valence electrons. The van der Waals surface area contributed by atoms with E-state index in [1.165, 1.54) is 5.56 Å². The number of rotatable bonds is 4. The molecule has 0 aliphatic carbocycles. The first-order valence-corrected chi connectivity index (χ1v) is 7.16. The maximum absolute atomic E-state index is 5.79. The van der Waals surface area contributed by atoms with Crippen molar-refractivity contribution in [3.63, 3.8) is 0 Å². The van der Waals surface area contributed by atoms with Crippen molar-refractivity contribution in [2.75, 3.05) is 32.1 Å². The highest BCUT2D eigenvalue weighted by Crippen LogP contribution is 2.25. The van der Waals surface area contributed by atoms with Gasteiger partial charge in [-0.25, -0.2) is 4.98 Å². The Morgan fingerprint density at radius 2 is 2.11 bits per heavy atom. The number of anilines is 1. The van der Waals surface area contributed by atoms with Crippen LogP contribution in [0.3, 0.4) is 0 Å². The molecule has 0 saturated carbocycles. The predicted molar refractivity (Wildman–Crippen MR) is 80.4 cm³/mol. The molecule has 0 aromatic carbocycles. The minimum absolute atomic E-state index is 0.586. The number of aromatic nitrogens is 1. The van der Waals surface area contributed by atoms with Crippen LogP contribution < -0.4 is 10.6 Å². The molecule has 1 aliphatic rings. The van der Waals surface area contributed by atoms with Crippen molar-refractivity contribution < 1.29 is 0 Å². The second kappa shape index (κ2) is 5.88. The van der Waals surface area contributed by atoms with E-state index in [4.69, 9.17) is 10.7 Å². The van der Waals surface area contributed by atoms with E-state index >= 15 is 0 Å². The lowest BCUT2D eigenvalue weighted by Gasteiger charge is -2.23. The standard InChI is InChI=1S/C15H26N4/c1-5-13-6-12(8-16)7-15(17-13)19-9-11(2)14(10-19)18(3)4/h6-7,11,14H,5,8-10,16H2,1-4H3. The zero-order chi connectivity index (χ0) is 14.0. The van der Waals surface area contributed by atoms with Gasteiger partial charge in [-0.1, -0.05) is 13.8 Å². The van der Waals surface area contributed by atoms with E-state index in [2.05, 4.69) is 49.9 Å². The normalized spacial score (nSPS) is 23.4. The Labute approximate surface area is 116 Å². The average molecular weight is 262 g/mol. The molecular weight excluding hydrogens is 236 g/mol. The number of pyridine rings is 1. The van der Waals surface area contributed by atoms with E-state index in [1.54, 1.807) is 0 Å². The Balaban J connectivity index is 2.23. The molecule has 1 fully saturated rings. The molecule has 0 bridgehead atoms. The van der Waals surface area contributed by atoms with Crippen LogP contribution in [-0.2, 0) is 13.0 Å². The summed E-state index contributed by atoms with van der Waals surface area (Å²) in [4.78, 5) is 9.48. The molecular formula is C15H26N4. The Kier molecular flexibility index (Phi) is 4.42. The molecule has 2 rings (SSSR count). The second-order valence-electron chi connectivity index (χ2n) is 5.80. The summed E-state index contributed by atoms with van der Waals surface area (Å²) in [6.45, 7) is 7.17. The Bertz CT molecular complexity index is 408. The predicted octanol–water partition coefficient (Wildman–Crippen LogP) is 1.49. The smallest absolute Gasteiger partial charge is 0.129 e. The lowest BCUT2D eigenvalue weighted by molar-refractivity contribution is 0.266. The molecule has 4 heteroatoms. The lowest BCUT2D eigenvalue weighted by atomic mass is 10.1. The van der Waals surface area contributed by atoms with Gasteiger partial charge in [0, 0.05) is 31.4 Å². The summed E-state index contributed by atoms with van der Waals surface area (Å²) in [6, 6.07) is 4.87. The lowest BCUT2D eigenvalue weighted by Crippen LogP contribution is -2.34. The zero-order valence-electron chi connectivity index (χ0n) is 12.6. The van der Waals surface area contributed by atoms with E-state index in [9.17, 15) is 0 Å². The maximum Gasteiger partial charge on any atom is 0.129 e. The van der Waals surface area contributed by atoms with E-state index in [0.29, 0.717) is 18.5 Å². The van der Waals surface area contributed by atoms with Crippen molar-refractivity contribution in [1.82, 2.24) is 9.88 Å². The third-order valence-corrected chi connectivity index (χ3v) is 4.08. The first-order chi connectivity index (χ1) is 9.05. The van der Waals surface area contributed by atoms with Gasteiger partial charge in [0.2, 0.25) is 0 Å². The first-order valence-electron chi connectivity index (χ1n) is 7.16. The Morgan fingerprint density at radius 1 is 1.37 bits per heavy atom. The molecule has 0 radical (unpaired) electrons. The van der Waals surface area contributed by atoms with Crippen molar-refractivity contribution >= 4 is 5.82 Å². The van der Waals surface area contributed by atoms with Gasteiger partial charge in [0.05, 0.1) is 0 Å². The molecule has 2 heterocycles. The van der Waals surface area contributed by atoms with Gasteiger partial charge in [0.1, 0.15) is 5.82 Å². The summed E-state index contributed by atoms with van der Waals surface area (Å²) in [5.41, 5.74) is 8.11. The molecule has 2 atom stereocenters. The van der Waals surface area contributed by atoms with Gasteiger partial charge < -0.3 is 15.5 Å². The quantitative estimate of drug-likeness (QED) is 0.893. The summed E-state index contributed by atoms with van der Waals surface area (Å²) < 4.78 is 0. The minimum atomic E-state index is 0.586. The topological polar surface area (TPSA) is 45.4 Å². The third kappa shape index (κ3) is 3.07. The molecule has 19 heavy (non-hydrogen) atoms. The fourth-order valence-electron chi connectivity index (χ4n) is 2.90. The van der Waals surface area contributed by atoms with Gasteiger partial charge in [-0.3, -0.25) is 0 Å². The molecule has 2 N–H and O–H groups in total. The van der Waals surface area contributed by atoms with Gasteiger partial charge in [-0.2, -0.15) is 0 Å². The van der Waals surface area contributed by atoms with Crippen LogP contribution in [-0.4, -0.2) is 43.1 Å². The van der Waals surface area contributed by atoms with Crippen LogP contribution in [0, 0.1) is 5.92 Å². The monoisotopic (exact) mass is 262 g/mol. The highest BCUT2D eigenvalue weighted by Gasteiger charge is 2.31. The fraction of sp³-hybridized carbons (Fsp3) is 0.667. The number of hydrogen-bond acceptors (Lipinski definition) is 4. The SMILES string of the molecule is CCc1cc(CN)cc(N2CC(C)C(N(C)C)C2)n1. The molecule has 1 aliphatic heterocycles. The van der Waals surface area contributed by atoms with Crippen molar-refractivity contribution in [3.8, 4) is 0 Å². The van der Waals surface area contributed by atoms with Crippen molar-refractivity contribution in [3.05, 3.63) is 23.4 Å². The van der Waals surface area contributed by atoms with Crippen molar-refractivity contribution in [1.29, 1.82) is 0 Å². The van der Waals surface area contributed by atoms with Crippen LogP contribution in [0.25, 0.3) is 0 Å². The molecule has 0 spiro atoms. The van der Waals surface area contributed by atoms with Gasteiger partial charge in [0.15, 0.2) is 0 Å². The van der Waals surface area contributed by atoms with Crippen LogP contribution in [0.15, 0.2) is 12.1 Å². The molecule has 4 nitrogen and oxygen atoms in total. The summed E-state index contributed by atoms with van der Waals surface area (Å²) in [6.07, 6.45) is 0.960. The number of hydrogen-bond donors (Lipinski definition) is 1. The van der Waals surface area contributed by atoms with Crippen LogP contribution in [0.5, 0.6) is 0 Å². The molecule has 1 saturated heterocycles. The summed E-state index contributed by atoms with van der Waals surface area (Å²) in [5, 5.41) is 0. The van der Waals surface area contributed by atoms with Gasteiger partial charge in [-0.15, -0.1) is 0 Å². The number of nitrogens with two attached hydrogens (primary N) is 1. The van der Waals surface area contributed by atoms with Crippen LogP contribution in [0.4, 0.5) is 5.82 Å². The van der Waals surface area contributed by atoms with Gasteiger partial charge in [-0.05, 0) is 44.1 Å². The van der Waals surface area contributed by atoms with Crippen molar-refractivity contribution in [2.45, 2.75) is 32.9 Å². The number of nitrogens with zero attached hydrogens (tertiary/aromatic N) is 3. The second-order valence-corrected chi connectivity index (χ2v) is 5.80. The minimum Gasteiger partial charge on any atom is -0.355 e. The van der Waals surface area contributed by atoms with Gasteiger partial charge >= 0.3 is 0 Å². The molecule has 2 unspecified atom stereocenters. The highest BCUT2D eigenvalue weighted by molar-refractivity contribution is 5.44. The van der Waals surface area contributed by atoms with E-state index in [1.807, 2.05) is 0 Å². The van der Waals surface area contributed by atoms with Crippen LogP contribution >= 0.6 is 0 Å². The fourth-order valence-corrected chi connectivity index (χ4v) is 2.90. The highest BCUT2D eigenvalue weighted by atomic mass is 15.3. The number of aryl methyl sites for hydroxylation is 1. The van der Waals surface area contributed by atoms with E-state index < -0.39 is 0 Å². The number of likely N-dealkylation sites (N-methyl/N-ethyl adjacent to an activating group) is 1. The third-order valence-electron chi connectivity index (χ3n) is 4.08. The first kappa shape index (κ1) is 14.3. The Morgan fingerprint density at radius 3 is 2.63 bits per heavy atom. The summed E-state index contributed by atoms with van der Waals surface area (Å²) in [5.74, 6) is 1.76. The maximum atomic E-state index is 5.79.